The number of nitro benzene ring substituents is 1. The van der Waals surface area contributed by atoms with Crippen LogP contribution in [0, 0.1) is 10.1 Å². The first-order chi connectivity index (χ1) is 16.8. The first-order valence-corrected chi connectivity index (χ1v) is 11.3. The lowest BCUT2D eigenvalue weighted by molar-refractivity contribution is -0.384. The van der Waals surface area contributed by atoms with E-state index >= 15 is 0 Å². The maximum atomic E-state index is 13.1. The van der Waals surface area contributed by atoms with Crippen molar-refractivity contribution in [2.24, 2.45) is 0 Å². The van der Waals surface area contributed by atoms with Gasteiger partial charge in [-0.2, -0.15) is 0 Å². The highest BCUT2D eigenvalue weighted by molar-refractivity contribution is 6.09. The Hall–Kier alpha value is -3.83. The molecule has 2 aromatic rings. The Morgan fingerprint density at radius 2 is 1.77 bits per heavy atom. The zero-order chi connectivity index (χ0) is 25.0. The van der Waals surface area contributed by atoms with Gasteiger partial charge in [0.15, 0.2) is 0 Å². The Kier molecular flexibility index (Phi) is 7.08. The molecule has 2 heterocycles. The normalized spacial score (nSPS) is 20.5. The van der Waals surface area contributed by atoms with Gasteiger partial charge in [-0.1, -0.05) is 24.3 Å². The largest absolute Gasteiger partial charge is 0.379 e. The highest BCUT2D eigenvalue weighted by atomic mass is 16.6. The van der Waals surface area contributed by atoms with Crippen molar-refractivity contribution >= 4 is 23.5 Å². The summed E-state index contributed by atoms with van der Waals surface area (Å²) in [5.74, 6) is -1.07. The Morgan fingerprint density at radius 1 is 1.11 bits per heavy atom. The predicted molar refractivity (Wildman–Crippen MR) is 125 cm³/mol. The number of carbonyl (C=O) groups is 3. The van der Waals surface area contributed by atoms with Crippen LogP contribution in [0.25, 0.3) is 0 Å². The Labute approximate surface area is 202 Å². The third-order valence-electron chi connectivity index (χ3n) is 6.32. The smallest absolute Gasteiger partial charge is 0.325 e. The number of ether oxygens (including phenoxy) is 1. The molecule has 0 aliphatic carbocycles. The third kappa shape index (κ3) is 5.31. The molecule has 2 aliphatic heterocycles. The minimum absolute atomic E-state index is 0.126. The van der Waals surface area contributed by atoms with Crippen LogP contribution in [-0.4, -0.2) is 65.4 Å². The quantitative estimate of drug-likeness (QED) is 0.332. The number of carbonyl (C=O) groups excluding carboxylic acids is 3. The summed E-state index contributed by atoms with van der Waals surface area (Å²) in [6, 6.07) is 12.5. The molecule has 1 unspecified atom stereocenters. The number of benzene rings is 2. The summed E-state index contributed by atoms with van der Waals surface area (Å²) in [5, 5.41) is 16.3. The standard InChI is InChI=1S/C24H27N5O6/c1-24(19-6-8-20(9-7-19)29(33)34)22(31)28(23(32)26-24)16-21(30)25-14-17-4-2-3-5-18(17)15-27-10-12-35-13-11-27/h2-9H,10-16H2,1H3,(H,25,30)(H,26,32). The number of nitrogens with one attached hydrogen (secondary N) is 2. The second-order valence-electron chi connectivity index (χ2n) is 8.68. The molecule has 1 atom stereocenters. The van der Waals surface area contributed by atoms with E-state index in [0.29, 0.717) is 18.8 Å². The maximum Gasteiger partial charge on any atom is 0.325 e. The second-order valence-corrected chi connectivity index (χ2v) is 8.68. The van der Waals surface area contributed by atoms with Gasteiger partial charge < -0.3 is 15.4 Å². The molecule has 0 radical (unpaired) electrons. The maximum absolute atomic E-state index is 13.1. The molecule has 0 aromatic heterocycles. The SMILES string of the molecule is CC1(c2ccc([N+](=O)[O-])cc2)NC(=O)N(CC(=O)NCc2ccccc2CN2CCOCC2)C1=O. The van der Waals surface area contributed by atoms with Crippen LogP contribution in [0.5, 0.6) is 0 Å². The van der Waals surface area contributed by atoms with Crippen molar-refractivity contribution in [2.45, 2.75) is 25.6 Å². The zero-order valence-corrected chi connectivity index (χ0v) is 19.4. The van der Waals surface area contributed by atoms with Crippen molar-refractivity contribution < 1.29 is 24.0 Å². The molecule has 184 valence electrons. The van der Waals surface area contributed by atoms with Gasteiger partial charge in [0.2, 0.25) is 5.91 Å². The first-order valence-electron chi connectivity index (χ1n) is 11.3. The number of imide groups is 1. The molecule has 35 heavy (non-hydrogen) atoms. The fraction of sp³-hybridized carbons (Fsp3) is 0.375. The highest BCUT2D eigenvalue weighted by Gasteiger charge is 2.49. The van der Waals surface area contributed by atoms with Gasteiger partial charge in [-0.05, 0) is 35.7 Å². The molecule has 2 aromatic carbocycles. The van der Waals surface area contributed by atoms with Crippen molar-refractivity contribution in [2.75, 3.05) is 32.8 Å². The minimum Gasteiger partial charge on any atom is -0.379 e. The predicted octanol–water partition coefficient (Wildman–Crippen LogP) is 1.51. The van der Waals surface area contributed by atoms with Crippen LogP contribution in [0.3, 0.4) is 0 Å². The minimum atomic E-state index is -1.42. The molecule has 11 heteroatoms. The van der Waals surface area contributed by atoms with Gasteiger partial charge in [-0.15, -0.1) is 0 Å². The van der Waals surface area contributed by atoms with Crippen molar-refractivity contribution in [3.05, 3.63) is 75.3 Å². The lowest BCUT2D eigenvalue weighted by Gasteiger charge is -2.27. The third-order valence-corrected chi connectivity index (χ3v) is 6.32. The van der Waals surface area contributed by atoms with Crippen molar-refractivity contribution in [1.82, 2.24) is 20.4 Å². The molecule has 0 saturated carbocycles. The topological polar surface area (TPSA) is 134 Å². The number of rotatable bonds is 8. The molecular weight excluding hydrogens is 454 g/mol. The number of nitrogens with zero attached hydrogens (tertiary/aromatic N) is 3. The number of morpholine rings is 1. The Morgan fingerprint density at radius 3 is 2.43 bits per heavy atom. The average molecular weight is 482 g/mol. The van der Waals surface area contributed by atoms with Crippen LogP contribution >= 0.6 is 0 Å². The lowest BCUT2D eigenvalue weighted by atomic mass is 9.92. The summed E-state index contributed by atoms with van der Waals surface area (Å²) in [4.78, 5) is 51.7. The molecule has 2 aliphatic rings. The van der Waals surface area contributed by atoms with Gasteiger partial charge in [-0.25, -0.2) is 4.79 Å². The van der Waals surface area contributed by atoms with Gasteiger partial charge in [0.25, 0.3) is 11.6 Å². The van der Waals surface area contributed by atoms with Gasteiger partial charge in [0.1, 0.15) is 12.1 Å². The monoisotopic (exact) mass is 481 g/mol. The second kappa shape index (κ2) is 10.2. The van der Waals surface area contributed by atoms with E-state index in [1.807, 2.05) is 24.3 Å². The molecule has 4 rings (SSSR count). The highest BCUT2D eigenvalue weighted by Crippen LogP contribution is 2.30. The average Bonchev–Trinajstić information content (AvgIpc) is 3.08. The fourth-order valence-electron chi connectivity index (χ4n) is 4.23. The number of non-ortho nitro benzene ring substituents is 1. The van der Waals surface area contributed by atoms with Crippen LogP contribution in [-0.2, 0) is 33.0 Å². The molecule has 0 bridgehead atoms. The number of urea groups is 1. The van der Waals surface area contributed by atoms with Crippen LogP contribution < -0.4 is 10.6 Å². The summed E-state index contributed by atoms with van der Waals surface area (Å²) in [5.41, 5.74) is 0.897. The van der Waals surface area contributed by atoms with Crippen molar-refractivity contribution in [1.29, 1.82) is 0 Å². The van der Waals surface area contributed by atoms with Gasteiger partial charge in [0.05, 0.1) is 18.1 Å². The number of nitro groups is 1. The molecule has 2 saturated heterocycles. The van der Waals surface area contributed by atoms with Crippen LogP contribution in [0.2, 0.25) is 0 Å². The van der Waals surface area contributed by atoms with Crippen LogP contribution in [0.4, 0.5) is 10.5 Å². The molecule has 4 amide bonds. The van der Waals surface area contributed by atoms with E-state index in [1.54, 1.807) is 0 Å². The molecular formula is C24H27N5O6. The van der Waals surface area contributed by atoms with Crippen molar-refractivity contribution in [3.8, 4) is 0 Å². The summed E-state index contributed by atoms with van der Waals surface area (Å²) in [6.07, 6.45) is 0. The molecule has 2 N–H and O–H groups in total. The lowest BCUT2D eigenvalue weighted by Crippen LogP contribution is -2.43. The summed E-state index contributed by atoms with van der Waals surface area (Å²) >= 11 is 0. The first kappa shape index (κ1) is 24.3. The number of amides is 4. The van der Waals surface area contributed by atoms with E-state index in [9.17, 15) is 24.5 Å². The zero-order valence-electron chi connectivity index (χ0n) is 19.4. The van der Waals surface area contributed by atoms with Crippen molar-refractivity contribution in [3.63, 3.8) is 0 Å². The summed E-state index contributed by atoms with van der Waals surface area (Å²) < 4.78 is 5.39. The van der Waals surface area contributed by atoms with Gasteiger partial charge in [0, 0.05) is 38.3 Å². The molecule has 11 nitrogen and oxygen atoms in total. The Balaban J connectivity index is 1.37. The number of hydrogen-bond donors (Lipinski definition) is 2. The van der Waals surface area contributed by atoms with Crippen LogP contribution in [0.15, 0.2) is 48.5 Å². The van der Waals surface area contributed by atoms with Crippen LogP contribution in [0.1, 0.15) is 23.6 Å². The Bertz CT molecular complexity index is 1130. The van der Waals surface area contributed by atoms with Gasteiger partial charge >= 0.3 is 6.03 Å². The molecule has 0 spiro atoms. The van der Waals surface area contributed by atoms with E-state index in [0.717, 1.165) is 35.7 Å². The van der Waals surface area contributed by atoms with E-state index in [-0.39, 0.29) is 12.2 Å². The van der Waals surface area contributed by atoms with E-state index in [2.05, 4.69) is 15.5 Å². The van der Waals surface area contributed by atoms with E-state index < -0.39 is 34.9 Å². The van der Waals surface area contributed by atoms with E-state index in [1.165, 1.54) is 31.2 Å². The molecule has 2 fully saturated rings. The number of hydrogen-bond acceptors (Lipinski definition) is 7. The summed E-state index contributed by atoms with van der Waals surface area (Å²) in [6.45, 7) is 5.18. The van der Waals surface area contributed by atoms with E-state index in [4.69, 9.17) is 4.74 Å². The summed E-state index contributed by atoms with van der Waals surface area (Å²) in [7, 11) is 0. The fourth-order valence-corrected chi connectivity index (χ4v) is 4.23. The van der Waals surface area contributed by atoms with Gasteiger partial charge in [-0.3, -0.25) is 29.5 Å².